The van der Waals surface area contributed by atoms with Crippen LogP contribution in [0.1, 0.15) is 11.5 Å². The van der Waals surface area contributed by atoms with E-state index in [-0.39, 0.29) is 0 Å². The van der Waals surface area contributed by atoms with E-state index in [4.69, 9.17) is 0 Å². The highest BCUT2D eigenvalue weighted by atomic mass is 79.9. The summed E-state index contributed by atoms with van der Waals surface area (Å²) in [4.78, 5) is 4.35. The number of benzene rings is 1. The average molecular weight is 334 g/mol. The molecule has 3 rings (SSSR count). The molecule has 0 aliphatic rings. The largest absolute Gasteiger partial charge is 0.347 e. The molecule has 2 heterocycles. The molecule has 1 aromatic carbocycles. The van der Waals surface area contributed by atoms with Crippen molar-refractivity contribution in [1.29, 1.82) is 0 Å². The summed E-state index contributed by atoms with van der Waals surface area (Å²) < 4.78 is 5.07. The Morgan fingerprint density at radius 2 is 2.00 bits per heavy atom. The summed E-state index contributed by atoms with van der Waals surface area (Å²) in [6.45, 7) is 2.61. The molecule has 2 aromatic heterocycles. The summed E-state index contributed by atoms with van der Waals surface area (Å²) >= 11 is 3.69. The Labute approximate surface area is 125 Å². The van der Waals surface area contributed by atoms with Gasteiger partial charge in [0.05, 0.1) is 12.2 Å². The van der Waals surface area contributed by atoms with Gasteiger partial charge >= 0.3 is 0 Å². The van der Waals surface area contributed by atoms with Crippen molar-refractivity contribution in [2.24, 2.45) is 14.1 Å². The van der Waals surface area contributed by atoms with Crippen molar-refractivity contribution < 1.29 is 0 Å². The lowest BCUT2D eigenvalue weighted by atomic mass is 10.2. The molecule has 104 valence electrons. The molecule has 0 radical (unpaired) electrons. The molecule has 0 bridgehead atoms. The van der Waals surface area contributed by atoms with Crippen LogP contribution in [0.3, 0.4) is 0 Å². The number of fused-ring (bicyclic) bond motifs is 1. The summed E-state index contributed by atoms with van der Waals surface area (Å²) in [6, 6.07) is 8.34. The van der Waals surface area contributed by atoms with E-state index in [0.29, 0.717) is 12.5 Å². The molecule has 0 saturated carbocycles. The minimum Gasteiger partial charge on any atom is -0.347 e. The molecule has 1 N–H and O–H groups in total. The molecule has 0 spiro atoms. The molecular formula is C14H16BrN5. The van der Waals surface area contributed by atoms with Gasteiger partial charge in [-0.2, -0.15) is 4.98 Å². The molecule has 0 fully saturated rings. The molecule has 0 atom stereocenters. The van der Waals surface area contributed by atoms with Crippen molar-refractivity contribution in [2.75, 3.05) is 5.32 Å². The molecular weight excluding hydrogens is 318 g/mol. The summed E-state index contributed by atoms with van der Waals surface area (Å²) in [5.74, 6) is 1.55. The quantitative estimate of drug-likeness (QED) is 0.801. The summed E-state index contributed by atoms with van der Waals surface area (Å²) in [5, 5.41) is 8.80. The first-order valence-corrected chi connectivity index (χ1v) is 7.20. The van der Waals surface area contributed by atoms with Crippen LogP contribution in [0.4, 0.5) is 5.95 Å². The first-order valence-electron chi connectivity index (χ1n) is 6.41. The number of nitrogens with one attached hydrogen (secondary N) is 1. The molecule has 0 aliphatic carbocycles. The van der Waals surface area contributed by atoms with Gasteiger partial charge in [-0.3, -0.25) is 4.68 Å². The lowest BCUT2D eigenvalue weighted by molar-refractivity contribution is 0.734. The number of anilines is 1. The topological polar surface area (TPSA) is 47.7 Å². The summed E-state index contributed by atoms with van der Waals surface area (Å²) in [5.41, 5.74) is 2.39. The van der Waals surface area contributed by atoms with Gasteiger partial charge < -0.3 is 9.88 Å². The second-order valence-electron chi connectivity index (χ2n) is 4.80. The van der Waals surface area contributed by atoms with Crippen LogP contribution in [0.5, 0.6) is 0 Å². The number of nitrogens with zero attached hydrogens (tertiary/aromatic N) is 4. The number of rotatable bonds is 3. The maximum absolute atomic E-state index is 4.35. The van der Waals surface area contributed by atoms with Crippen LogP contribution in [0, 0.1) is 6.92 Å². The predicted molar refractivity (Wildman–Crippen MR) is 83.7 cm³/mol. The van der Waals surface area contributed by atoms with Crippen LogP contribution in [-0.2, 0) is 20.6 Å². The smallest absolute Gasteiger partial charge is 0.242 e. The molecule has 6 heteroatoms. The fraction of sp³-hybridized carbons (Fsp3) is 0.286. The van der Waals surface area contributed by atoms with Gasteiger partial charge in [0.2, 0.25) is 5.95 Å². The van der Waals surface area contributed by atoms with Crippen LogP contribution in [-0.4, -0.2) is 19.3 Å². The van der Waals surface area contributed by atoms with Crippen molar-refractivity contribution >= 4 is 32.8 Å². The number of para-hydroxylation sites is 1. The Kier molecular flexibility index (Phi) is 3.25. The molecule has 0 unspecified atom stereocenters. The van der Waals surface area contributed by atoms with E-state index < -0.39 is 0 Å². The van der Waals surface area contributed by atoms with Gasteiger partial charge in [0.25, 0.3) is 0 Å². The molecule has 0 amide bonds. The minimum atomic E-state index is 0.655. The zero-order valence-electron chi connectivity index (χ0n) is 11.7. The fourth-order valence-corrected chi connectivity index (χ4v) is 3.04. The Morgan fingerprint density at radius 1 is 1.25 bits per heavy atom. The van der Waals surface area contributed by atoms with Crippen LogP contribution < -0.4 is 5.32 Å². The van der Waals surface area contributed by atoms with Crippen molar-refractivity contribution in [3.05, 3.63) is 40.3 Å². The minimum absolute atomic E-state index is 0.655. The number of hydrogen-bond donors (Lipinski definition) is 1. The van der Waals surface area contributed by atoms with Crippen molar-refractivity contribution in [3.8, 4) is 0 Å². The Bertz CT molecular complexity index is 713. The first-order chi connectivity index (χ1) is 9.58. The third kappa shape index (κ3) is 2.10. The highest BCUT2D eigenvalue weighted by Gasteiger charge is 2.13. The molecule has 3 aromatic rings. The van der Waals surface area contributed by atoms with Gasteiger partial charge in [0.1, 0.15) is 5.82 Å². The SMILES string of the molecule is Cc1nc(NCc2c(Br)c3ccccc3n2C)nn1C. The molecule has 0 aliphatic heterocycles. The first kappa shape index (κ1) is 13.2. The van der Waals surface area contributed by atoms with Gasteiger partial charge in [0, 0.05) is 29.5 Å². The third-order valence-electron chi connectivity index (χ3n) is 3.55. The Morgan fingerprint density at radius 3 is 2.65 bits per heavy atom. The predicted octanol–water partition coefficient (Wildman–Crippen LogP) is 2.99. The van der Waals surface area contributed by atoms with Crippen LogP contribution >= 0.6 is 15.9 Å². The van der Waals surface area contributed by atoms with E-state index >= 15 is 0 Å². The second-order valence-corrected chi connectivity index (χ2v) is 5.59. The van der Waals surface area contributed by atoms with Crippen molar-refractivity contribution in [3.63, 3.8) is 0 Å². The average Bonchev–Trinajstić information content (AvgIpc) is 2.88. The van der Waals surface area contributed by atoms with E-state index in [9.17, 15) is 0 Å². The highest BCUT2D eigenvalue weighted by molar-refractivity contribution is 9.10. The van der Waals surface area contributed by atoms with Gasteiger partial charge in [-0.1, -0.05) is 18.2 Å². The van der Waals surface area contributed by atoms with Crippen molar-refractivity contribution in [1.82, 2.24) is 19.3 Å². The number of hydrogen-bond acceptors (Lipinski definition) is 3. The van der Waals surface area contributed by atoms with Crippen LogP contribution in [0.15, 0.2) is 28.7 Å². The zero-order chi connectivity index (χ0) is 14.3. The van der Waals surface area contributed by atoms with E-state index in [1.165, 1.54) is 16.6 Å². The Hall–Kier alpha value is -1.82. The molecule has 0 saturated heterocycles. The van der Waals surface area contributed by atoms with Crippen LogP contribution in [0.2, 0.25) is 0 Å². The number of halogens is 1. The van der Waals surface area contributed by atoms with Crippen LogP contribution in [0.25, 0.3) is 10.9 Å². The number of aromatic nitrogens is 4. The van der Waals surface area contributed by atoms with E-state index in [2.05, 4.69) is 61.1 Å². The highest BCUT2D eigenvalue weighted by Crippen LogP contribution is 2.30. The Balaban J connectivity index is 1.91. The monoisotopic (exact) mass is 333 g/mol. The third-order valence-corrected chi connectivity index (χ3v) is 4.44. The normalized spacial score (nSPS) is 11.2. The lowest BCUT2D eigenvalue weighted by Crippen LogP contribution is -2.06. The molecule has 5 nitrogen and oxygen atoms in total. The van der Waals surface area contributed by atoms with E-state index in [1.807, 2.05) is 20.0 Å². The van der Waals surface area contributed by atoms with E-state index in [1.54, 1.807) is 4.68 Å². The standard InChI is InChI=1S/C14H16BrN5/c1-9-17-14(18-20(9)3)16-8-12-13(15)10-6-4-5-7-11(10)19(12)2/h4-7H,8H2,1-3H3,(H,16,18). The van der Waals surface area contributed by atoms with E-state index in [0.717, 1.165) is 10.3 Å². The zero-order valence-corrected chi connectivity index (χ0v) is 13.3. The van der Waals surface area contributed by atoms with Gasteiger partial charge in [-0.05, 0) is 28.9 Å². The molecule has 20 heavy (non-hydrogen) atoms. The second kappa shape index (κ2) is 4.94. The van der Waals surface area contributed by atoms with Gasteiger partial charge in [-0.25, -0.2) is 0 Å². The van der Waals surface area contributed by atoms with Gasteiger partial charge in [-0.15, -0.1) is 5.10 Å². The van der Waals surface area contributed by atoms with Gasteiger partial charge in [0.15, 0.2) is 0 Å². The lowest BCUT2D eigenvalue weighted by Gasteiger charge is -2.05. The summed E-state index contributed by atoms with van der Waals surface area (Å²) in [6.07, 6.45) is 0. The summed E-state index contributed by atoms with van der Waals surface area (Å²) in [7, 11) is 3.96. The maximum atomic E-state index is 4.35. The maximum Gasteiger partial charge on any atom is 0.242 e. The fourth-order valence-electron chi connectivity index (χ4n) is 2.30. The van der Waals surface area contributed by atoms with Crippen molar-refractivity contribution in [2.45, 2.75) is 13.5 Å². The number of aryl methyl sites for hydroxylation is 3.